The van der Waals surface area contributed by atoms with Crippen molar-refractivity contribution in [2.24, 2.45) is 17.3 Å². The number of benzene rings is 2. The summed E-state index contributed by atoms with van der Waals surface area (Å²) < 4.78 is 41.8. The van der Waals surface area contributed by atoms with E-state index in [0.29, 0.717) is 46.1 Å². The van der Waals surface area contributed by atoms with Gasteiger partial charge in [0.05, 0.1) is 28.3 Å². The van der Waals surface area contributed by atoms with Gasteiger partial charge in [-0.25, -0.2) is 4.98 Å². The Labute approximate surface area is 362 Å². The lowest BCUT2D eigenvalue weighted by Crippen LogP contribution is -2.54. The van der Waals surface area contributed by atoms with Crippen molar-refractivity contribution in [3.05, 3.63) is 82.8 Å². The van der Waals surface area contributed by atoms with Gasteiger partial charge in [-0.05, 0) is 138 Å². The van der Waals surface area contributed by atoms with Crippen LogP contribution in [0.5, 0.6) is 0 Å². The monoisotopic (exact) mass is 868 g/mol. The van der Waals surface area contributed by atoms with Gasteiger partial charge in [0, 0.05) is 48.0 Å². The average molecular weight is 869 g/mol. The molecule has 17 heteroatoms. The Balaban J connectivity index is 0.748. The molecule has 1 atom stereocenters. The van der Waals surface area contributed by atoms with Gasteiger partial charge in [0.2, 0.25) is 11.8 Å². The van der Waals surface area contributed by atoms with Gasteiger partial charge in [0.15, 0.2) is 0 Å². The maximum atomic E-state index is 13.5. The minimum absolute atomic E-state index is 0.0754. The molecule has 4 N–H and O–H groups in total. The van der Waals surface area contributed by atoms with Crippen LogP contribution in [0.3, 0.4) is 0 Å². The second-order valence-corrected chi connectivity index (χ2v) is 18.8. The number of anilines is 2. The molecule has 0 bridgehead atoms. The number of carbonyl (C=O) groups excluding carboxylic acids is 5. The Bertz CT molecular complexity index is 2490. The molecule has 2 aromatic heterocycles. The van der Waals surface area contributed by atoms with Crippen LogP contribution in [0.4, 0.5) is 24.5 Å². The molecule has 14 nitrogen and oxygen atoms in total. The number of halogens is 3. The summed E-state index contributed by atoms with van der Waals surface area (Å²) in [5.41, 5.74) is -0.138. The third-order valence-corrected chi connectivity index (χ3v) is 14.0. The molecular formula is C46H51F3N8O6. The van der Waals surface area contributed by atoms with E-state index in [1.165, 1.54) is 6.07 Å². The SMILES string of the molecule is CC(C)(O)c1cc2nn([C@H]3CC[C@H](CN4CCC5(CC4)CC(CNc4cccc6c4C(=O)N(C4CCC(=O)NC4=O)C6=O)C5)CC3)cc2cc1NC(=O)c1cccc(C(F)(F)F)n1. The summed E-state index contributed by atoms with van der Waals surface area (Å²) in [6.45, 7) is 7.03. The van der Waals surface area contributed by atoms with Crippen LogP contribution in [0, 0.1) is 17.3 Å². The third-order valence-electron chi connectivity index (χ3n) is 14.0. The van der Waals surface area contributed by atoms with Crippen LogP contribution < -0.4 is 16.0 Å². The topological polar surface area (TPSA) is 179 Å². The highest BCUT2D eigenvalue weighted by Gasteiger charge is 2.48. The molecule has 4 fully saturated rings. The van der Waals surface area contributed by atoms with E-state index in [1.54, 1.807) is 44.2 Å². The molecule has 5 heterocycles. The van der Waals surface area contributed by atoms with Crippen LogP contribution in [0.25, 0.3) is 10.9 Å². The fourth-order valence-electron chi connectivity index (χ4n) is 10.6. The molecule has 1 spiro atoms. The minimum Gasteiger partial charge on any atom is -0.386 e. The second kappa shape index (κ2) is 16.1. The Kier molecular flexibility index (Phi) is 10.9. The molecule has 2 aromatic carbocycles. The van der Waals surface area contributed by atoms with Crippen molar-refractivity contribution in [1.82, 2.24) is 29.9 Å². The molecule has 2 aliphatic carbocycles. The van der Waals surface area contributed by atoms with E-state index in [0.717, 1.165) is 93.4 Å². The van der Waals surface area contributed by atoms with Crippen LogP contribution in [0.1, 0.15) is 127 Å². The van der Waals surface area contributed by atoms with Crippen molar-refractivity contribution in [2.75, 3.05) is 36.8 Å². The van der Waals surface area contributed by atoms with Crippen LogP contribution in [-0.4, -0.2) is 91.4 Å². The van der Waals surface area contributed by atoms with Gasteiger partial charge in [-0.1, -0.05) is 12.1 Å². The van der Waals surface area contributed by atoms with Gasteiger partial charge >= 0.3 is 6.18 Å². The van der Waals surface area contributed by atoms with Crippen molar-refractivity contribution in [3.63, 3.8) is 0 Å². The number of pyridine rings is 1. The maximum Gasteiger partial charge on any atom is 0.433 e. The predicted molar refractivity (Wildman–Crippen MR) is 226 cm³/mol. The zero-order chi connectivity index (χ0) is 44.4. The maximum absolute atomic E-state index is 13.5. The highest BCUT2D eigenvalue weighted by Crippen LogP contribution is 2.53. The number of aliphatic hydroxyl groups is 1. The lowest BCUT2D eigenvalue weighted by Gasteiger charge is -2.53. The lowest BCUT2D eigenvalue weighted by atomic mass is 9.57. The number of likely N-dealkylation sites (tertiary alicyclic amines) is 1. The Morgan fingerprint density at radius 2 is 1.65 bits per heavy atom. The predicted octanol–water partition coefficient (Wildman–Crippen LogP) is 6.67. The number of piperidine rings is 2. The third kappa shape index (κ3) is 8.44. The summed E-state index contributed by atoms with van der Waals surface area (Å²) >= 11 is 0. The number of amides is 5. The number of nitrogens with zero attached hydrogens (tertiary/aromatic N) is 5. The van der Waals surface area contributed by atoms with Crippen LogP contribution in [0.15, 0.2) is 54.7 Å². The summed E-state index contributed by atoms with van der Waals surface area (Å²) in [5.74, 6) is -1.82. The van der Waals surface area contributed by atoms with Crippen molar-refractivity contribution in [1.29, 1.82) is 0 Å². The molecule has 5 aliphatic rings. The number of hydrogen-bond acceptors (Lipinski definition) is 10. The minimum atomic E-state index is -4.70. The van der Waals surface area contributed by atoms with E-state index in [9.17, 15) is 42.3 Å². The van der Waals surface area contributed by atoms with E-state index in [2.05, 4.69) is 25.8 Å². The highest BCUT2D eigenvalue weighted by atomic mass is 19.4. The number of imide groups is 2. The number of carbonyl (C=O) groups is 5. The van der Waals surface area contributed by atoms with Crippen molar-refractivity contribution in [2.45, 2.75) is 102 Å². The first-order valence-electron chi connectivity index (χ1n) is 21.9. The first-order valence-corrected chi connectivity index (χ1v) is 21.9. The molecule has 5 amide bonds. The number of aromatic nitrogens is 3. The molecule has 63 heavy (non-hydrogen) atoms. The Morgan fingerprint density at radius 1 is 0.921 bits per heavy atom. The standard InChI is InChI=1S/C46H51F3N8O6/c1-44(2,63)31-20-34-28(19-35(31)52-40(59)33-7-4-8-37(51-33)46(47,48)49)25-56(54-34)29-11-9-26(10-12-29)24-55-17-15-45(16-18-55)21-27(22-45)23-50-32-6-3-5-30-39(32)43(62)57(42(30)61)36-13-14-38(58)53-41(36)60/h3-8,19-20,25-27,29,36,50,63H,9-18,21-24H2,1-2H3,(H,52,59)(H,53,58,60)/t26-,29-,36?. The zero-order valence-corrected chi connectivity index (χ0v) is 35.3. The number of hydrogen-bond donors (Lipinski definition) is 4. The normalized spacial score (nSPS) is 23.2. The van der Waals surface area contributed by atoms with Crippen LogP contribution in [-0.2, 0) is 21.4 Å². The number of alkyl halides is 3. The number of rotatable bonds is 10. The quantitative estimate of drug-likeness (QED) is 0.126. The molecule has 1 unspecified atom stereocenters. The summed E-state index contributed by atoms with van der Waals surface area (Å²) in [4.78, 5) is 71.1. The molecule has 3 aliphatic heterocycles. The van der Waals surface area contributed by atoms with E-state index in [4.69, 9.17) is 5.10 Å². The Morgan fingerprint density at radius 3 is 2.35 bits per heavy atom. The smallest absolute Gasteiger partial charge is 0.386 e. The summed E-state index contributed by atoms with van der Waals surface area (Å²) in [6, 6.07) is 10.9. The average Bonchev–Trinajstić information content (AvgIpc) is 3.76. The lowest BCUT2D eigenvalue weighted by molar-refractivity contribution is -0.141. The van der Waals surface area contributed by atoms with Crippen molar-refractivity contribution in [3.8, 4) is 0 Å². The van der Waals surface area contributed by atoms with Gasteiger partial charge in [-0.2, -0.15) is 18.3 Å². The fourth-order valence-corrected chi connectivity index (χ4v) is 10.6. The molecule has 332 valence electrons. The summed E-state index contributed by atoms with van der Waals surface area (Å²) in [6.07, 6.45) is 6.02. The van der Waals surface area contributed by atoms with Crippen LogP contribution in [0.2, 0.25) is 0 Å². The molecule has 2 saturated heterocycles. The van der Waals surface area contributed by atoms with E-state index < -0.39 is 53.0 Å². The zero-order valence-electron chi connectivity index (χ0n) is 35.3. The van der Waals surface area contributed by atoms with Gasteiger partial charge in [-0.15, -0.1) is 0 Å². The van der Waals surface area contributed by atoms with Gasteiger partial charge in [0.1, 0.15) is 17.4 Å². The summed E-state index contributed by atoms with van der Waals surface area (Å²) in [5, 5.41) is 25.0. The van der Waals surface area contributed by atoms with Gasteiger partial charge in [0.25, 0.3) is 17.7 Å². The van der Waals surface area contributed by atoms with E-state index in [1.807, 2.05) is 10.9 Å². The van der Waals surface area contributed by atoms with Gasteiger partial charge < -0.3 is 20.6 Å². The molecule has 4 aromatic rings. The molecule has 9 rings (SSSR count). The fraction of sp³-hybridized carbons (Fsp3) is 0.500. The first kappa shape index (κ1) is 42.6. The van der Waals surface area contributed by atoms with Crippen molar-refractivity contribution < 1.29 is 42.3 Å². The van der Waals surface area contributed by atoms with Gasteiger partial charge in [-0.3, -0.25) is 38.9 Å². The molecule has 2 saturated carbocycles. The number of nitrogens with one attached hydrogen (secondary N) is 3. The molecular weight excluding hydrogens is 818 g/mol. The Hall–Kier alpha value is -5.68. The van der Waals surface area contributed by atoms with Crippen LogP contribution >= 0.6 is 0 Å². The summed E-state index contributed by atoms with van der Waals surface area (Å²) in [7, 11) is 0. The van der Waals surface area contributed by atoms with Crippen molar-refractivity contribution >= 4 is 51.8 Å². The largest absolute Gasteiger partial charge is 0.433 e. The van der Waals surface area contributed by atoms with E-state index in [-0.39, 0.29) is 35.8 Å². The molecule has 0 radical (unpaired) electrons. The number of fused-ring (bicyclic) bond motifs is 2. The first-order chi connectivity index (χ1) is 29.9. The highest BCUT2D eigenvalue weighted by molar-refractivity contribution is 6.25. The van der Waals surface area contributed by atoms with E-state index >= 15 is 0 Å². The second-order valence-electron chi connectivity index (χ2n) is 18.8.